The zero-order valence-corrected chi connectivity index (χ0v) is 12.3. The van der Waals surface area contributed by atoms with Gasteiger partial charge < -0.3 is 18.6 Å². The minimum Gasteiger partial charge on any atom is -0.463 e. The predicted octanol–water partition coefficient (Wildman–Crippen LogP) is 1.47. The topological polar surface area (TPSA) is 61.1 Å². The molecule has 6 nitrogen and oxygen atoms in total. The number of carbonyl (C=O) groups excluding carboxylic acids is 1. The fraction of sp³-hybridized carbons (Fsp3) is 0.643. The molecule has 0 aliphatic carbocycles. The molecule has 2 heterocycles. The van der Waals surface area contributed by atoms with Crippen LogP contribution < -0.4 is 0 Å². The summed E-state index contributed by atoms with van der Waals surface area (Å²) in [4.78, 5) is 13.6. The predicted molar refractivity (Wildman–Crippen MR) is 71.6 cm³/mol. The van der Waals surface area contributed by atoms with Gasteiger partial charge in [0.25, 0.3) is 0 Å². The van der Waals surface area contributed by atoms with Gasteiger partial charge in [0.2, 0.25) is 5.76 Å². The van der Waals surface area contributed by atoms with Crippen LogP contribution >= 0.6 is 0 Å². The number of hydrogen-bond acceptors (Lipinski definition) is 6. The zero-order chi connectivity index (χ0) is 14.7. The summed E-state index contributed by atoms with van der Waals surface area (Å²) >= 11 is 0. The highest BCUT2D eigenvalue weighted by atomic mass is 16.5. The molecule has 6 heteroatoms. The van der Waals surface area contributed by atoms with Gasteiger partial charge >= 0.3 is 5.97 Å². The number of likely N-dealkylation sites (tertiary alicyclic amines) is 1. The molecule has 1 aliphatic rings. The quantitative estimate of drug-likeness (QED) is 0.763. The number of furan rings is 1. The average Bonchev–Trinajstić information content (AvgIpc) is 3.11. The van der Waals surface area contributed by atoms with Gasteiger partial charge in [-0.25, -0.2) is 4.79 Å². The molecule has 3 atom stereocenters. The van der Waals surface area contributed by atoms with E-state index >= 15 is 0 Å². The van der Waals surface area contributed by atoms with Crippen molar-refractivity contribution in [2.45, 2.75) is 25.2 Å². The first-order valence-corrected chi connectivity index (χ1v) is 6.58. The molecule has 0 radical (unpaired) electrons. The Kier molecular flexibility index (Phi) is 4.80. The molecule has 20 heavy (non-hydrogen) atoms. The number of ether oxygens (including phenoxy) is 3. The molecule has 1 fully saturated rings. The normalized spacial score (nSPS) is 24.8. The Bertz CT molecular complexity index is 446. The molecule has 112 valence electrons. The molecule has 0 saturated carbocycles. The van der Waals surface area contributed by atoms with E-state index in [0.717, 1.165) is 18.8 Å². The third-order valence-electron chi connectivity index (χ3n) is 3.82. The highest BCUT2D eigenvalue weighted by molar-refractivity contribution is 5.86. The molecule has 2 rings (SSSR count). The van der Waals surface area contributed by atoms with E-state index in [4.69, 9.17) is 13.9 Å². The standard InChI is InChI=1S/C14H21NO5/c1-9(10-5-6-11(20-10)14(16)19-4)15-7-12(17-2)13(8-15)18-3/h5-6,9,12-13H,7-8H2,1-4H3. The Balaban J connectivity index is 2.06. The van der Waals surface area contributed by atoms with Crippen molar-refractivity contribution in [3.05, 3.63) is 23.7 Å². The monoisotopic (exact) mass is 283 g/mol. The second kappa shape index (κ2) is 6.39. The van der Waals surface area contributed by atoms with Crippen LogP contribution in [0.1, 0.15) is 29.3 Å². The molecule has 0 N–H and O–H groups in total. The minimum atomic E-state index is -0.464. The second-order valence-corrected chi connectivity index (χ2v) is 4.87. The lowest BCUT2D eigenvalue weighted by Crippen LogP contribution is -2.27. The van der Waals surface area contributed by atoms with Crippen molar-refractivity contribution in [1.29, 1.82) is 0 Å². The van der Waals surface area contributed by atoms with Crippen molar-refractivity contribution < 1.29 is 23.4 Å². The summed E-state index contributed by atoms with van der Waals surface area (Å²) in [6, 6.07) is 3.49. The van der Waals surface area contributed by atoms with E-state index in [1.54, 1.807) is 26.4 Å². The molecular weight excluding hydrogens is 262 g/mol. The van der Waals surface area contributed by atoms with E-state index in [1.807, 2.05) is 6.92 Å². The largest absolute Gasteiger partial charge is 0.463 e. The molecule has 3 unspecified atom stereocenters. The van der Waals surface area contributed by atoms with Crippen LogP contribution in [0.5, 0.6) is 0 Å². The Labute approximate surface area is 118 Å². The number of esters is 1. The van der Waals surface area contributed by atoms with Crippen molar-refractivity contribution in [2.24, 2.45) is 0 Å². The summed E-state index contributed by atoms with van der Waals surface area (Å²) in [5.41, 5.74) is 0. The van der Waals surface area contributed by atoms with Gasteiger partial charge in [-0.3, -0.25) is 4.90 Å². The van der Waals surface area contributed by atoms with E-state index in [0.29, 0.717) is 0 Å². The molecular formula is C14H21NO5. The molecule has 1 aliphatic heterocycles. The van der Waals surface area contributed by atoms with E-state index in [2.05, 4.69) is 9.64 Å². The number of nitrogens with zero attached hydrogens (tertiary/aromatic N) is 1. The molecule has 0 amide bonds. The first-order chi connectivity index (χ1) is 9.60. The molecule has 0 bridgehead atoms. The Hall–Kier alpha value is -1.37. The van der Waals surface area contributed by atoms with Gasteiger partial charge in [-0.2, -0.15) is 0 Å². The maximum Gasteiger partial charge on any atom is 0.373 e. The zero-order valence-electron chi connectivity index (χ0n) is 12.3. The molecule has 0 spiro atoms. The fourth-order valence-electron chi connectivity index (χ4n) is 2.51. The van der Waals surface area contributed by atoms with E-state index in [9.17, 15) is 4.79 Å². The first-order valence-electron chi connectivity index (χ1n) is 6.58. The van der Waals surface area contributed by atoms with Gasteiger partial charge in [-0.05, 0) is 19.1 Å². The maximum atomic E-state index is 11.4. The summed E-state index contributed by atoms with van der Waals surface area (Å²) in [5, 5.41) is 0. The summed E-state index contributed by atoms with van der Waals surface area (Å²) in [5.74, 6) is 0.492. The van der Waals surface area contributed by atoms with Gasteiger partial charge in [0.1, 0.15) is 5.76 Å². The first kappa shape index (κ1) is 15.0. The van der Waals surface area contributed by atoms with Crippen molar-refractivity contribution in [3.63, 3.8) is 0 Å². The van der Waals surface area contributed by atoms with Gasteiger partial charge in [0, 0.05) is 27.3 Å². The average molecular weight is 283 g/mol. The third-order valence-corrected chi connectivity index (χ3v) is 3.82. The number of rotatable bonds is 5. The Morgan fingerprint density at radius 3 is 2.35 bits per heavy atom. The lowest BCUT2D eigenvalue weighted by atomic mass is 10.2. The van der Waals surface area contributed by atoms with Crippen LogP contribution in [0.25, 0.3) is 0 Å². The van der Waals surface area contributed by atoms with Crippen LogP contribution in [0.4, 0.5) is 0 Å². The Morgan fingerprint density at radius 2 is 1.85 bits per heavy atom. The summed E-state index contributed by atoms with van der Waals surface area (Å²) < 4.78 is 21.0. The van der Waals surface area contributed by atoms with E-state index in [-0.39, 0.29) is 24.0 Å². The van der Waals surface area contributed by atoms with Crippen LogP contribution in [0.2, 0.25) is 0 Å². The summed E-state index contributed by atoms with van der Waals surface area (Å²) in [6.07, 6.45) is 0.106. The van der Waals surface area contributed by atoms with Gasteiger partial charge in [0.15, 0.2) is 0 Å². The SMILES string of the molecule is COC(=O)c1ccc(C(C)N2CC(OC)C(OC)C2)o1. The maximum absolute atomic E-state index is 11.4. The van der Waals surface area contributed by atoms with Crippen molar-refractivity contribution in [1.82, 2.24) is 4.90 Å². The number of carbonyl (C=O) groups is 1. The number of methoxy groups -OCH3 is 3. The Morgan fingerprint density at radius 1 is 1.25 bits per heavy atom. The van der Waals surface area contributed by atoms with Gasteiger partial charge in [-0.1, -0.05) is 0 Å². The minimum absolute atomic E-state index is 0.0474. The number of hydrogen-bond donors (Lipinski definition) is 0. The molecule has 1 aromatic rings. The van der Waals surface area contributed by atoms with Crippen molar-refractivity contribution >= 4 is 5.97 Å². The summed E-state index contributed by atoms with van der Waals surface area (Å²) in [6.45, 7) is 3.57. The smallest absolute Gasteiger partial charge is 0.373 e. The molecule has 1 saturated heterocycles. The van der Waals surface area contributed by atoms with Gasteiger partial charge in [0.05, 0.1) is 25.4 Å². The van der Waals surface area contributed by atoms with E-state index in [1.165, 1.54) is 7.11 Å². The van der Waals surface area contributed by atoms with Crippen LogP contribution in [-0.2, 0) is 14.2 Å². The van der Waals surface area contributed by atoms with Crippen LogP contribution in [0, 0.1) is 0 Å². The van der Waals surface area contributed by atoms with Crippen molar-refractivity contribution in [3.8, 4) is 0 Å². The van der Waals surface area contributed by atoms with Crippen LogP contribution in [0.15, 0.2) is 16.5 Å². The highest BCUT2D eigenvalue weighted by Crippen LogP contribution is 2.28. The fourth-order valence-corrected chi connectivity index (χ4v) is 2.51. The molecule has 0 aromatic carbocycles. The highest BCUT2D eigenvalue weighted by Gasteiger charge is 2.36. The van der Waals surface area contributed by atoms with Crippen LogP contribution in [-0.4, -0.2) is 57.5 Å². The second-order valence-electron chi connectivity index (χ2n) is 4.87. The van der Waals surface area contributed by atoms with E-state index < -0.39 is 5.97 Å². The lowest BCUT2D eigenvalue weighted by molar-refractivity contribution is -0.00461. The van der Waals surface area contributed by atoms with Crippen molar-refractivity contribution in [2.75, 3.05) is 34.4 Å². The molecule has 1 aromatic heterocycles. The van der Waals surface area contributed by atoms with Crippen LogP contribution in [0.3, 0.4) is 0 Å². The third kappa shape index (κ3) is 2.87. The van der Waals surface area contributed by atoms with Gasteiger partial charge in [-0.15, -0.1) is 0 Å². The lowest BCUT2D eigenvalue weighted by Gasteiger charge is -2.21. The summed E-state index contributed by atoms with van der Waals surface area (Å²) in [7, 11) is 4.71.